The van der Waals surface area contributed by atoms with Gasteiger partial charge in [-0.05, 0) is 17.0 Å². The molecule has 0 saturated heterocycles. The minimum absolute atomic E-state index is 0.477. The van der Waals surface area contributed by atoms with Crippen molar-refractivity contribution in [2.24, 2.45) is 7.05 Å². The molecule has 0 atom stereocenters. The lowest BCUT2D eigenvalue weighted by Gasteiger charge is -2.18. The third-order valence-electron chi connectivity index (χ3n) is 5.18. The number of fused-ring (bicyclic) bond motifs is 1. The maximum atomic E-state index is 6.31. The third-order valence-corrected chi connectivity index (χ3v) is 5.18. The lowest BCUT2D eigenvalue weighted by molar-refractivity contribution is 0.785. The molecule has 0 fully saturated rings. The molecular weight excluding hydrogens is 360 g/mol. The number of benzene rings is 2. The highest BCUT2D eigenvalue weighted by atomic mass is 15.3. The highest BCUT2D eigenvalue weighted by molar-refractivity contribution is 5.98. The standard InChI is InChI=1S/C23H26N6/c1-15(2)17-10-12-18(13-11-17)20-19-21(24)29(4)27-22(19)26-23(25-20)28(3)14-16-8-6-5-7-9-16/h5-13,15H,14,24H2,1-4H3. The van der Waals surface area contributed by atoms with Crippen molar-refractivity contribution < 1.29 is 0 Å². The summed E-state index contributed by atoms with van der Waals surface area (Å²) in [5.74, 6) is 1.67. The second-order valence-electron chi connectivity index (χ2n) is 7.70. The van der Waals surface area contributed by atoms with Crippen molar-refractivity contribution in [2.45, 2.75) is 26.3 Å². The van der Waals surface area contributed by atoms with E-state index in [0.717, 1.165) is 16.6 Å². The first-order chi connectivity index (χ1) is 13.9. The summed E-state index contributed by atoms with van der Waals surface area (Å²) in [7, 11) is 3.82. The summed E-state index contributed by atoms with van der Waals surface area (Å²) >= 11 is 0. The van der Waals surface area contributed by atoms with Gasteiger partial charge in [0.05, 0.1) is 11.1 Å². The van der Waals surface area contributed by atoms with Crippen LogP contribution in [0.15, 0.2) is 54.6 Å². The third kappa shape index (κ3) is 3.66. The molecular formula is C23H26N6. The molecule has 6 heteroatoms. The minimum Gasteiger partial charge on any atom is -0.383 e. The number of nitrogen functional groups attached to an aromatic ring is 1. The molecule has 148 valence electrons. The van der Waals surface area contributed by atoms with Crippen LogP contribution >= 0.6 is 0 Å². The zero-order chi connectivity index (χ0) is 20.5. The van der Waals surface area contributed by atoms with E-state index < -0.39 is 0 Å². The van der Waals surface area contributed by atoms with Gasteiger partial charge >= 0.3 is 0 Å². The van der Waals surface area contributed by atoms with Crippen LogP contribution < -0.4 is 10.6 Å². The highest BCUT2D eigenvalue weighted by Crippen LogP contribution is 2.32. The van der Waals surface area contributed by atoms with Crippen LogP contribution in [0.2, 0.25) is 0 Å². The van der Waals surface area contributed by atoms with Crippen LogP contribution in [0.1, 0.15) is 30.9 Å². The predicted molar refractivity (Wildman–Crippen MR) is 119 cm³/mol. The van der Waals surface area contributed by atoms with Crippen LogP contribution in [0.4, 0.5) is 11.8 Å². The molecule has 4 rings (SSSR count). The summed E-state index contributed by atoms with van der Waals surface area (Å²) < 4.78 is 1.66. The average molecular weight is 387 g/mol. The molecule has 0 bridgehead atoms. The lowest BCUT2D eigenvalue weighted by Crippen LogP contribution is -2.19. The molecule has 29 heavy (non-hydrogen) atoms. The summed E-state index contributed by atoms with van der Waals surface area (Å²) in [4.78, 5) is 11.6. The van der Waals surface area contributed by atoms with E-state index in [2.05, 4.69) is 60.3 Å². The summed E-state index contributed by atoms with van der Waals surface area (Å²) in [6.45, 7) is 5.09. The molecule has 0 unspecified atom stereocenters. The van der Waals surface area contributed by atoms with E-state index in [1.165, 1.54) is 11.1 Å². The van der Waals surface area contributed by atoms with E-state index in [4.69, 9.17) is 10.7 Å². The van der Waals surface area contributed by atoms with E-state index in [9.17, 15) is 0 Å². The van der Waals surface area contributed by atoms with Crippen molar-refractivity contribution in [3.05, 3.63) is 65.7 Å². The molecule has 0 aliphatic heterocycles. The van der Waals surface area contributed by atoms with Gasteiger partial charge in [-0.3, -0.25) is 4.68 Å². The Kier molecular flexibility index (Phi) is 4.92. The van der Waals surface area contributed by atoms with Crippen molar-refractivity contribution in [2.75, 3.05) is 17.7 Å². The Morgan fingerprint density at radius 2 is 1.69 bits per heavy atom. The number of aryl methyl sites for hydroxylation is 1. The van der Waals surface area contributed by atoms with Gasteiger partial charge in [-0.2, -0.15) is 10.1 Å². The van der Waals surface area contributed by atoms with Gasteiger partial charge < -0.3 is 10.6 Å². The molecule has 2 aromatic heterocycles. The first-order valence-corrected chi connectivity index (χ1v) is 9.79. The molecule has 0 aliphatic carbocycles. The van der Waals surface area contributed by atoms with Gasteiger partial charge in [0.25, 0.3) is 0 Å². The zero-order valence-corrected chi connectivity index (χ0v) is 17.3. The second kappa shape index (κ2) is 7.54. The van der Waals surface area contributed by atoms with Crippen LogP contribution in [0.3, 0.4) is 0 Å². The maximum absolute atomic E-state index is 6.31. The lowest BCUT2D eigenvalue weighted by atomic mass is 10.00. The Bertz CT molecular complexity index is 1130. The number of hydrogen-bond acceptors (Lipinski definition) is 5. The summed E-state index contributed by atoms with van der Waals surface area (Å²) in [6, 6.07) is 18.8. The van der Waals surface area contributed by atoms with Gasteiger partial charge in [0.15, 0.2) is 5.65 Å². The SMILES string of the molecule is CC(C)c1ccc(-c2nc(N(C)Cc3ccccc3)nc3nn(C)c(N)c23)cc1. The van der Waals surface area contributed by atoms with Crippen molar-refractivity contribution in [3.8, 4) is 11.3 Å². The Morgan fingerprint density at radius 1 is 1.00 bits per heavy atom. The van der Waals surface area contributed by atoms with E-state index in [1.807, 2.05) is 37.2 Å². The van der Waals surface area contributed by atoms with Gasteiger partial charge in [0.2, 0.25) is 5.95 Å². The highest BCUT2D eigenvalue weighted by Gasteiger charge is 2.19. The van der Waals surface area contributed by atoms with E-state index in [1.54, 1.807) is 4.68 Å². The minimum atomic E-state index is 0.477. The van der Waals surface area contributed by atoms with Crippen LogP contribution in [-0.2, 0) is 13.6 Å². The molecule has 4 aromatic rings. The fraction of sp³-hybridized carbons (Fsp3) is 0.261. The Hall–Kier alpha value is -3.41. The predicted octanol–water partition coefficient (Wildman–Crippen LogP) is 4.37. The van der Waals surface area contributed by atoms with E-state index in [-0.39, 0.29) is 0 Å². The summed E-state index contributed by atoms with van der Waals surface area (Å²) in [6.07, 6.45) is 0. The van der Waals surface area contributed by atoms with Crippen molar-refractivity contribution in [1.82, 2.24) is 19.7 Å². The van der Waals surface area contributed by atoms with Crippen LogP contribution in [0.5, 0.6) is 0 Å². The Morgan fingerprint density at radius 3 is 2.34 bits per heavy atom. The normalized spacial score (nSPS) is 11.3. The molecule has 0 amide bonds. The van der Waals surface area contributed by atoms with Crippen LogP contribution in [-0.4, -0.2) is 26.8 Å². The molecule has 0 saturated carbocycles. The number of nitrogens with zero attached hydrogens (tertiary/aromatic N) is 5. The monoisotopic (exact) mass is 386 g/mol. The quantitative estimate of drug-likeness (QED) is 0.551. The van der Waals surface area contributed by atoms with Gasteiger partial charge in [-0.15, -0.1) is 0 Å². The molecule has 0 aliphatic rings. The molecule has 2 N–H and O–H groups in total. The van der Waals surface area contributed by atoms with Gasteiger partial charge in [-0.1, -0.05) is 68.4 Å². The molecule has 0 spiro atoms. The molecule has 2 aromatic carbocycles. The zero-order valence-electron chi connectivity index (χ0n) is 17.3. The topological polar surface area (TPSA) is 72.9 Å². The first-order valence-electron chi connectivity index (χ1n) is 9.79. The fourth-order valence-corrected chi connectivity index (χ4v) is 3.44. The van der Waals surface area contributed by atoms with E-state index in [0.29, 0.717) is 29.9 Å². The van der Waals surface area contributed by atoms with Crippen molar-refractivity contribution >= 4 is 22.8 Å². The second-order valence-corrected chi connectivity index (χ2v) is 7.70. The molecule has 2 heterocycles. The smallest absolute Gasteiger partial charge is 0.228 e. The summed E-state index contributed by atoms with van der Waals surface area (Å²) in [5, 5.41) is 5.30. The fourth-order valence-electron chi connectivity index (χ4n) is 3.44. The Balaban J connectivity index is 1.81. The van der Waals surface area contributed by atoms with Gasteiger partial charge in [-0.25, -0.2) is 4.98 Å². The van der Waals surface area contributed by atoms with Crippen molar-refractivity contribution in [1.29, 1.82) is 0 Å². The van der Waals surface area contributed by atoms with Gasteiger partial charge in [0, 0.05) is 26.2 Å². The van der Waals surface area contributed by atoms with Crippen LogP contribution in [0.25, 0.3) is 22.3 Å². The largest absolute Gasteiger partial charge is 0.383 e. The van der Waals surface area contributed by atoms with Crippen molar-refractivity contribution in [3.63, 3.8) is 0 Å². The number of aromatic nitrogens is 4. The maximum Gasteiger partial charge on any atom is 0.228 e. The number of rotatable bonds is 5. The molecule has 6 nitrogen and oxygen atoms in total. The Labute approximate surface area is 171 Å². The first kappa shape index (κ1) is 18.9. The van der Waals surface area contributed by atoms with Crippen LogP contribution in [0, 0.1) is 0 Å². The number of anilines is 2. The van der Waals surface area contributed by atoms with E-state index >= 15 is 0 Å². The number of nitrogens with two attached hydrogens (primary N) is 1. The van der Waals surface area contributed by atoms with Gasteiger partial charge in [0.1, 0.15) is 5.82 Å². The average Bonchev–Trinajstić information content (AvgIpc) is 3.02. The molecule has 0 radical (unpaired) electrons. The number of hydrogen-bond donors (Lipinski definition) is 1. The summed E-state index contributed by atoms with van der Waals surface area (Å²) in [5.41, 5.74) is 11.2.